The van der Waals surface area contributed by atoms with Crippen molar-refractivity contribution in [2.24, 2.45) is 0 Å². The molecule has 1 spiro atoms. The first-order valence-electron chi connectivity index (χ1n) is 9.35. The molecule has 2 heterocycles. The number of amides is 2. The molecule has 0 radical (unpaired) electrons. The van der Waals surface area contributed by atoms with Crippen LogP contribution in [-0.2, 0) is 16.0 Å². The molecular formula is C20H29N3O3. The minimum absolute atomic E-state index is 0.0920. The van der Waals surface area contributed by atoms with Crippen molar-refractivity contribution in [1.82, 2.24) is 15.1 Å². The zero-order chi connectivity index (χ0) is 18.8. The second kappa shape index (κ2) is 7.27. The molecule has 2 aliphatic heterocycles. The quantitative estimate of drug-likeness (QED) is 0.900. The number of carbonyl (C=O) groups excluding carboxylic acids is 2. The summed E-state index contributed by atoms with van der Waals surface area (Å²) in [5.74, 6) is 0.0920. The lowest BCUT2D eigenvalue weighted by molar-refractivity contribution is -0.129. The summed E-state index contributed by atoms with van der Waals surface area (Å²) in [5.41, 5.74) is 0.277. The van der Waals surface area contributed by atoms with E-state index in [0.29, 0.717) is 32.6 Å². The number of ether oxygens (including phenoxy) is 1. The number of nitrogens with one attached hydrogen (secondary N) is 1. The van der Waals surface area contributed by atoms with Crippen LogP contribution in [0.3, 0.4) is 0 Å². The van der Waals surface area contributed by atoms with Crippen molar-refractivity contribution in [1.29, 1.82) is 0 Å². The van der Waals surface area contributed by atoms with Crippen molar-refractivity contribution in [2.45, 2.75) is 51.2 Å². The molecular weight excluding hydrogens is 330 g/mol. The average Bonchev–Trinajstić information content (AvgIpc) is 2.89. The highest BCUT2D eigenvalue weighted by atomic mass is 16.6. The molecule has 2 aliphatic rings. The number of benzene rings is 1. The molecule has 0 aromatic heterocycles. The summed E-state index contributed by atoms with van der Waals surface area (Å²) in [7, 11) is 0. The summed E-state index contributed by atoms with van der Waals surface area (Å²) in [6, 6.07) is 10.3. The van der Waals surface area contributed by atoms with E-state index in [1.807, 2.05) is 39.0 Å². The summed E-state index contributed by atoms with van der Waals surface area (Å²) in [5, 5.41) is 3.00. The summed E-state index contributed by atoms with van der Waals surface area (Å²) < 4.78 is 5.46. The van der Waals surface area contributed by atoms with Gasteiger partial charge in [0.1, 0.15) is 11.1 Å². The summed E-state index contributed by atoms with van der Waals surface area (Å²) in [6.45, 7) is 8.10. The molecule has 3 rings (SSSR count). The van der Waals surface area contributed by atoms with Gasteiger partial charge >= 0.3 is 6.09 Å². The minimum Gasteiger partial charge on any atom is -0.444 e. The van der Waals surface area contributed by atoms with Crippen LogP contribution < -0.4 is 5.32 Å². The molecule has 0 unspecified atom stereocenters. The van der Waals surface area contributed by atoms with Gasteiger partial charge in [-0.2, -0.15) is 0 Å². The Morgan fingerprint density at radius 3 is 2.46 bits per heavy atom. The van der Waals surface area contributed by atoms with Crippen molar-refractivity contribution in [2.75, 3.05) is 26.3 Å². The van der Waals surface area contributed by atoms with E-state index < -0.39 is 11.1 Å². The van der Waals surface area contributed by atoms with Gasteiger partial charge in [-0.25, -0.2) is 4.79 Å². The van der Waals surface area contributed by atoms with Crippen molar-refractivity contribution >= 4 is 12.0 Å². The van der Waals surface area contributed by atoms with Gasteiger partial charge in [-0.15, -0.1) is 0 Å². The van der Waals surface area contributed by atoms with Crippen LogP contribution in [0.25, 0.3) is 0 Å². The lowest BCUT2D eigenvalue weighted by Gasteiger charge is -2.42. The fourth-order valence-electron chi connectivity index (χ4n) is 3.76. The summed E-state index contributed by atoms with van der Waals surface area (Å²) in [4.78, 5) is 28.8. The van der Waals surface area contributed by atoms with Crippen molar-refractivity contribution in [3.05, 3.63) is 35.9 Å². The van der Waals surface area contributed by atoms with Gasteiger partial charge in [0, 0.05) is 19.6 Å². The van der Waals surface area contributed by atoms with E-state index in [2.05, 4.69) is 22.3 Å². The second-order valence-electron chi connectivity index (χ2n) is 8.16. The average molecular weight is 359 g/mol. The van der Waals surface area contributed by atoms with Gasteiger partial charge < -0.3 is 15.0 Å². The Kier molecular flexibility index (Phi) is 5.23. The fourth-order valence-corrected chi connectivity index (χ4v) is 3.76. The molecule has 6 nitrogen and oxygen atoms in total. The molecule has 0 atom stereocenters. The SMILES string of the molecule is CC(C)(C)OC(=O)N1CCC2(CC1)C(=O)NCN2CCc1ccccc1. The molecule has 1 aromatic rings. The predicted octanol–water partition coefficient (Wildman–Crippen LogP) is 2.39. The number of carbonyl (C=O) groups is 2. The Balaban J connectivity index is 1.61. The Morgan fingerprint density at radius 1 is 1.19 bits per heavy atom. The van der Waals surface area contributed by atoms with E-state index >= 15 is 0 Å². The lowest BCUT2D eigenvalue weighted by Crippen LogP contribution is -2.57. The molecule has 142 valence electrons. The Labute approximate surface area is 155 Å². The molecule has 26 heavy (non-hydrogen) atoms. The highest BCUT2D eigenvalue weighted by Crippen LogP contribution is 2.33. The van der Waals surface area contributed by atoms with Crippen LogP contribution in [0.5, 0.6) is 0 Å². The maximum Gasteiger partial charge on any atom is 0.410 e. The number of hydrogen-bond acceptors (Lipinski definition) is 4. The van der Waals surface area contributed by atoms with E-state index in [4.69, 9.17) is 4.74 Å². The van der Waals surface area contributed by atoms with E-state index in [1.54, 1.807) is 4.90 Å². The van der Waals surface area contributed by atoms with Gasteiger partial charge in [0.05, 0.1) is 6.67 Å². The third-order valence-corrected chi connectivity index (χ3v) is 5.21. The van der Waals surface area contributed by atoms with Crippen LogP contribution in [0.15, 0.2) is 30.3 Å². The van der Waals surface area contributed by atoms with E-state index in [-0.39, 0.29) is 12.0 Å². The highest BCUT2D eigenvalue weighted by Gasteiger charge is 2.50. The molecule has 2 saturated heterocycles. The summed E-state index contributed by atoms with van der Waals surface area (Å²) in [6.07, 6.45) is 1.91. The molecule has 0 saturated carbocycles. The zero-order valence-electron chi connectivity index (χ0n) is 16.0. The minimum atomic E-state index is -0.501. The van der Waals surface area contributed by atoms with Gasteiger partial charge in [0.25, 0.3) is 0 Å². The van der Waals surface area contributed by atoms with Gasteiger partial charge in [0.15, 0.2) is 0 Å². The third-order valence-electron chi connectivity index (χ3n) is 5.21. The molecule has 2 amide bonds. The van der Waals surface area contributed by atoms with E-state index in [9.17, 15) is 9.59 Å². The molecule has 1 N–H and O–H groups in total. The van der Waals surface area contributed by atoms with Gasteiger partial charge in [0.2, 0.25) is 5.91 Å². The van der Waals surface area contributed by atoms with Crippen molar-refractivity contribution in [3.8, 4) is 0 Å². The van der Waals surface area contributed by atoms with E-state index in [1.165, 1.54) is 5.56 Å². The smallest absolute Gasteiger partial charge is 0.410 e. The first-order valence-corrected chi connectivity index (χ1v) is 9.35. The van der Waals surface area contributed by atoms with Crippen LogP contribution in [0.4, 0.5) is 4.79 Å². The zero-order valence-corrected chi connectivity index (χ0v) is 16.0. The monoisotopic (exact) mass is 359 g/mol. The Morgan fingerprint density at radius 2 is 1.85 bits per heavy atom. The summed E-state index contributed by atoms with van der Waals surface area (Å²) >= 11 is 0. The topological polar surface area (TPSA) is 61.9 Å². The van der Waals surface area contributed by atoms with Gasteiger partial charge in [-0.3, -0.25) is 9.69 Å². The molecule has 0 aliphatic carbocycles. The second-order valence-corrected chi connectivity index (χ2v) is 8.16. The van der Waals surface area contributed by atoms with Gasteiger partial charge in [-0.1, -0.05) is 30.3 Å². The first-order chi connectivity index (χ1) is 12.3. The Bertz CT molecular complexity index is 646. The van der Waals surface area contributed by atoms with Crippen LogP contribution in [0, 0.1) is 0 Å². The fraction of sp³-hybridized carbons (Fsp3) is 0.600. The molecule has 0 bridgehead atoms. The molecule has 2 fully saturated rings. The van der Waals surface area contributed by atoms with Crippen LogP contribution in [0.1, 0.15) is 39.2 Å². The lowest BCUT2D eigenvalue weighted by atomic mass is 9.86. The molecule has 6 heteroatoms. The highest BCUT2D eigenvalue weighted by molar-refractivity contribution is 5.88. The van der Waals surface area contributed by atoms with Crippen LogP contribution in [-0.4, -0.2) is 59.2 Å². The predicted molar refractivity (Wildman–Crippen MR) is 99.6 cm³/mol. The van der Waals surface area contributed by atoms with Crippen LogP contribution >= 0.6 is 0 Å². The van der Waals surface area contributed by atoms with Crippen molar-refractivity contribution in [3.63, 3.8) is 0 Å². The Hall–Kier alpha value is -2.08. The number of likely N-dealkylation sites (tertiary alicyclic amines) is 1. The standard InChI is InChI=1S/C20H29N3O3/c1-19(2,3)26-18(25)22-13-10-20(11-14-22)17(24)21-15-23(20)12-9-16-7-5-4-6-8-16/h4-8H,9-15H2,1-3H3,(H,21,24). The van der Waals surface area contributed by atoms with E-state index in [0.717, 1.165) is 13.0 Å². The number of hydrogen-bond donors (Lipinski definition) is 1. The third kappa shape index (κ3) is 4.01. The number of nitrogens with zero attached hydrogens (tertiary/aromatic N) is 2. The first kappa shape index (κ1) is 18.7. The maximum atomic E-state index is 12.6. The van der Waals surface area contributed by atoms with Crippen molar-refractivity contribution < 1.29 is 14.3 Å². The largest absolute Gasteiger partial charge is 0.444 e. The maximum absolute atomic E-state index is 12.6. The number of piperidine rings is 1. The van der Waals surface area contributed by atoms with Crippen LogP contribution in [0.2, 0.25) is 0 Å². The molecule has 1 aromatic carbocycles. The van der Waals surface area contributed by atoms with Gasteiger partial charge in [-0.05, 0) is 45.6 Å². The number of rotatable bonds is 3. The normalized spacial score (nSPS) is 20.3.